The molecule has 0 aliphatic heterocycles. The van der Waals surface area contributed by atoms with Crippen LogP contribution in [0.4, 0.5) is 35.1 Å². The van der Waals surface area contributed by atoms with Gasteiger partial charge in [0, 0.05) is 16.3 Å². The van der Waals surface area contributed by atoms with Crippen molar-refractivity contribution in [2.24, 2.45) is 0 Å². The van der Waals surface area contributed by atoms with Crippen molar-refractivity contribution in [3.05, 3.63) is 168 Å². The fourth-order valence-electron chi connectivity index (χ4n) is 9.12. The van der Waals surface area contributed by atoms with E-state index in [0.29, 0.717) is 33.5 Å². The zero-order valence-corrected chi connectivity index (χ0v) is 34.8. The van der Waals surface area contributed by atoms with E-state index in [9.17, 15) is 0 Å². The zero-order valence-electron chi connectivity index (χ0n) is 34.8. The molecule has 0 amide bonds. The lowest BCUT2D eigenvalue weighted by molar-refractivity contribution is -0.386. The molecule has 0 unspecified atom stereocenters. The number of aromatic nitrogens is 2. The Morgan fingerprint density at radius 2 is 1.03 bits per heavy atom. The third-order valence-corrected chi connectivity index (χ3v) is 12.5. The Balaban J connectivity index is 1.30. The van der Waals surface area contributed by atoms with E-state index in [1.807, 2.05) is 143 Å². The van der Waals surface area contributed by atoms with Crippen molar-refractivity contribution < 1.29 is 39.5 Å². The van der Waals surface area contributed by atoms with Crippen molar-refractivity contribution in [3.63, 3.8) is 0 Å². The fourth-order valence-corrected chi connectivity index (χ4v) is 9.12. The first-order valence-electron chi connectivity index (χ1n) is 20.9. The van der Waals surface area contributed by atoms with Gasteiger partial charge < -0.3 is 4.42 Å². The van der Waals surface area contributed by atoms with Gasteiger partial charge in [-0.2, -0.15) is 35.1 Å². The predicted molar refractivity (Wildman–Crippen MR) is 236 cm³/mol. The first-order chi connectivity index (χ1) is 30.4. The van der Waals surface area contributed by atoms with Gasteiger partial charge in [0.05, 0.1) is 27.8 Å². The molecule has 322 valence electrons. The minimum absolute atomic E-state index is 0.0973. The summed E-state index contributed by atoms with van der Waals surface area (Å²) in [6.45, 7) is 7.45. The maximum Gasteiger partial charge on any atom is 0.383 e. The van der Waals surface area contributed by atoms with E-state index in [0.717, 1.165) is 39.4 Å². The van der Waals surface area contributed by atoms with E-state index in [4.69, 9.17) is 9.40 Å². The Labute approximate surface area is 362 Å². The molecule has 0 atom stereocenters. The van der Waals surface area contributed by atoms with Gasteiger partial charge in [0.2, 0.25) is 0 Å². The Hall–Kier alpha value is -6.75. The first-order valence-corrected chi connectivity index (χ1v) is 20.9. The number of imidazole rings is 1. The topological polar surface area (TPSA) is 31.0 Å². The van der Waals surface area contributed by atoms with Crippen molar-refractivity contribution in [1.82, 2.24) is 9.55 Å². The molecular weight excluding hydrogens is 833 g/mol. The summed E-state index contributed by atoms with van der Waals surface area (Å²) in [4.78, 5) is 4.76. The van der Waals surface area contributed by atoms with Gasteiger partial charge in [0.1, 0.15) is 17.0 Å². The molecule has 64 heavy (non-hydrogen) atoms. The van der Waals surface area contributed by atoms with Gasteiger partial charge in [-0.1, -0.05) is 131 Å². The largest absolute Gasteiger partial charge is 0.455 e. The molecule has 0 N–H and O–H groups in total. The smallest absolute Gasteiger partial charge is 0.383 e. The van der Waals surface area contributed by atoms with Gasteiger partial charge in [-0.3, -0.25) is 4.57 Å². The zero-order chi connectivity index (χ0) is 45.1. The lowest BCUT2D eigenvalue weighted by Gasteiger charge is -2.43. The van der Waals surface area contributed by atoms with Crippen LogP contribution in [0.2, 0.25) is 0 Å². The Morgan fingerprint density at radius 1 is 0.500 bits per heavy atom. The fraction of sp³-hybridized carbons (Fsp3) is 0.189. The molecule has 1 aliphatic rings. The molecular formula is C53H38F8N2O. The SMILES string of the molecule is CC(C)c1cc(-c2ccc(-c3ccccc3)cc2)cc(C(C)C)c1-n1c(-c2cccc3c2oc2cc(-c4ccccc4)ccc23)nc2ccc3c(c21)C(F)(F)C(F)(F)C(F)(F)C3(F)F. The van der Waals surface area contributed by atoms with Gasteiger partial charge >= 0.3 is 23.7 Å². The highest BCUT2D eigenvalue weighted by Crippen LogP contribution is 2.66. The first kappa shape index (κ1) is 41.3. The number of para-hydroxylation sites is 1. The molecule has 9 aromatic rings. The molecule has 0 fully saturated rings. The predicted octanol–water partition coefficient (Wildman–Crippen LogP) is 16.3. The molecule has 0 saturated heterocycles. The number of fused-ring (bicyclic) bond motifs is 6. The second-order valence-electron chi connectivity index (χ2n) is 17.0. The van der Waals surface area contributed by atoms with Gasteiger partial charge in [0.25, 0.3) is 0 Å². The maximum atomic E-state index is 16.6. The van der Waals surface area contributed by atoms with Crippen LogP contribution in [0.1, 0.15) is 61.8 Å². The van der Waals surface area contributed by atoms with Crippen molar-refractivity contribution in [3.8, 4) is 50.5 Å². The average Bonchev–Trinajstić information content (AvgIpc) is 3.86. The molecule has 0 bridgehead atoms. The average molecular weight is 871 g/mol. The summed E-state index contributed by atoms with van der Waals surface area (Å²) < 4.78 is 134. The van der Waals surface area contributed by atoms with Crippen LogP contribution in [-0.2, 0) is 11.8 Å². The minimum Gasteiger partial charge on any atom is -0.455 e. The Kier molecular flexibility index (Phi) is 9.28. The molecule has 2 aromatic heterocycles. The van der Waals surface area contributed by atoms with Crippen molar-refractivity contribution in [1.29, 1.82) is 0 Å². The Bertz CT molecular complexity index is 3250. The summed E-state index contributed by atoms with van der Waals surface area (Å²) in [7, 11) is 0. The summed E-state index contributed by atoms with van der Waals surface area (Å²) in [5.74, 6) is -25.3. The molecule has 0 radical (unpaired) electrons. The van der Waals surface area contributed by atoms with E-state index in [1.165, 1.54) is 4.57 Å². The van der Waals surface area contributed by atoms with Gasteiger partial charge in [0.15, 0.2) is 0 Å². The number of benzene rings is 7. The molecule has 2 heterocycles. The van der Waals surface area contributed by atoms with Crippen LogP contribution in [0.5, 0.6) is 0 Å². The number of nitrogens with zero attached hydrogens (tertiary/aromatic N) is 2. The molecule has 0 saturated carbocycles. The van der Waals surface area contributed by atoms with Gasteiger partial charge in [-0.05, 0) is 98.8 Å². The van der Waals surface area contributed by atoms with Gasteiger partial charge in [-0.25, -0.2) is 4.98 Å². The highest BCUT2D eigenvalue weighted by molar-refractivity contribution is 6.10. The van der Waals surface area contributed by atoms with E-state index in [1.54, 1.807) is 18.2 Å². The number of furan rings is 1. The highest BCUT2D eigenvalue weighted by atomic mass is 19.4. The monoisotopic (exact) mass is 870 g/mol. The number of halogens is 8. The molecule has 10 rings (SSSR count). The minimum atomic E-state index is -6.49. The molecule has 7 aromatic carbocycles. The maximum absolute atomic E-state index is 16.6. The van der Waals surface area contributed by atoms with Crippen molar-refractivity contribution >= 4 is 33.0 Å². The number of rotatable bonds is 7. The van der Waals surface area contributed by atoms with Crippen molar-refractivity contribution in [2.45, 2.75) is 63.2 Å². The number of hydrogen-bond donors (Lipinski definition) is 0. The van der Waals surface area contributed by atoms with Crippen LogP contribution < -0.4 is 0 Å². The molecule has 1 aliphatic carbocycles. The van der Waals surface area contributed by atoms with Crippen LogP contribution in [0.3, 0.4) is 0 Å². The van der Waals surface area contributed by atoms with Crippen molar-refractivity contribution in [2.75, 3.05) is 0 Å². The molecule has 3 nitrogen and oxygen atoms in total. The highest BCUT2D eigenvalue weighted by Gasteiger charge is 2.85. The van der Waals surface area contributed by atoms with Crippen LogP contribution in [0, 0.1) is 0 Å². The quantitative estimate of drug-likeness (QED) is 0.149. The molecule has 11 heteroatoms. The molecule has 0 spiro atoms. The summed E-state index contributed by atoms with van der Waals surface area (Å²) in [5.41, 5.74) is 2.56. The lowest BCUT2D eigenvalue weighted by Crippen LogP contribution is -2.64. The van der Waals surface area contributed by atoms with E-state index in [-0.39, 0.29) is 40.0 Å². The van der Waals surface area contributed by atoms with Crippen LogP contribution in [-0.4, -0.2) is 21.4 Å². The summed E-state index contributed by atoms with van der Waals surface area (Å²) in [5, 5.41) is 1.32. The van der Waals surface area contributed by atoms with Crippen LogP contribution >= 0.6 is 0 Å². The number of alkyl halides is 8. The van der Waals surface area contributed by atoms with E-state index >= 15 is 35.1 Å². The summed E-state index contributed by atoms with van der Waals surface area (Å²) in [6.07, 6.45) is 0. The van der Waals surface area contributed by atoms with E-state index in [2.05, 4.69) is 0 Å². The van der Waals surface area contributed by atoms with Gasteiger partial charge in [-0.15, -0.1) is 0 Å². The lowest BCUT2D eigenvalue weighted by atomic mass is 9.79. The van der Waals surface area contributed by atoms with Crippen LogP contribution in [0.25, 0.3) is 83.4 Å². The number of hydrogen-bond acceptors (Lipinski definition) is 2. The second-order valence-corrected chi connectivity index (χ2v) is 17.0. The second kappa shape index (κ2) is 14.4. The Morgan fingerprint density at radius 3 is 1.62 bits per heavy atom. The summed E-state index contributed by atoms with van der Waals surface area (Å²) >= 11 is 0. The standard InChI is InChI=1S/C53H38F8N2O/c1-29(2)40-26-36(34-20-18-33(19-21-34)31-12-7-5-8-13-31)27-41(30(3)4)46(40)63-47-43(25-24-42-45(47)51(56,57)53(60,61)52(58,59)50(42,54)55)62-49(63)39-17-11-16-38-37-23-22-35(28-44(37)64-48(38)39)32-14-9-6-10-15-32/h5-30H,1-4H3. The van der Waals surface area contributed by atoms with E-state index < -0.39 is 40.3 Å². The van der Waals surface area contributed by atoms with Crippen LogP contribution in [0.15, 0.2) is 150 Å². The third-order valence-electron chi connectivity index (χ3n) is 12.5. The summed E-state index contributed by atoms with van der Waals surface area (Å²) in [6, 6.07) is 43.0. The normalized spacial score (nSPS) is 16.3. The third kappa shape index (κ3) is 5.88.